The molecule has 0 N–H and O–H groups in total. The van der Waals surface area contributed by atoms with E-state index < -0.39 is 0 Å². The summed E-state index contributed by atoms with van der Waals surface area (Å²) in [6.07, 6.45) is 0. The Labute approximate surface area is 91.3 Å². The fraction of sp³-hybridized carbons (Fsp3) is 0.545. The van der Waals surface area contributed by atoms with Crippen molar-refractivity contribution in [3.63, 3.8) is 0 Å². The van der Waals surface area contributed by atoms with E-state index in [1.807, 2.05) is 53.7 Å². The lowest BCUT2D eigenvalue weighted by Crippen LogP contribution is -1.94. The van der Waals surface area contributed by atoms with Crippen LogP contribution in [-0.4, -0.2) is 19.8 Å². The first-order chi connectivity index (χ1) is 7.25. The summed E-state index contributed by atoms with van der Waals surface area (Å²) in [6.45, 7) is 11.8. The van der Waals surface area contributed by atoms with Crippen LogP contribution in [0.2, 0.25) is 0 Å². The average Bonchev–Trinajstić information content (AvgIpc) is 2.63. The van der Waals surface area contributed by atoms with Crippen LogP contribution in [0.4, 0.5) is 0 Å². The van der Waals surface area contributed by atoms with Crippen LogP contribution in [0, 0.1) is 13.8 Å². The SMILES string of the molecule is CC.CC.Cc1ccc2nc(C)nn2n1. The minimum atomic E-state index is 0.753. The van der Waals surface area contributed by atoms with Gasteiger partial charge in [0.15, 0.2) is 5.65 Å². The summed E-state index contributed by atoms with van der Waals surface area (Å²) >= 11 is 0. The molecule has 84 valence electrons. The summed E-state index contributed by atoms with van der Waals surface area (Å²) in [5.74, 6) is 0.753. The predicted molar refractivity (Wildman–Crippen MR) is 63.0 cm³/mol. The third kappa shape index (κ3) is 3.65. The van der Waals surface area contributed by atoms with Gasteiger partial charge < -0.3 is 0 Å². The van der Waals surface area contributed by atoms with Gasteiger partial charge in [0.25, 0.3) is 0 Å². The average molecular weight is 208 g/mol. The molecule has 0 aliphatic rings. The van der Waals surface area contributed by atoms with E-state index in [0.717, 1.165) is 17.2 Å². The van der Waals surface area contributed by atoms with Crippen molar-refractivity contribution in [1.82, 2.24) is 19.8 Å². The van der Waals surface area contributed by atoms with Crippen molar-refractivity contribution in [1.29, 1.82) is 0 Å². The first-order valence-corrected chi connectivity index (χ1v) is 5.43. The molecule has 2 aromatic rings. The lowest BCUT2D eigenvalue weighted by atomic mass is 10.4. The van der Waals surface area contributed by atoms with Crippen molar-refractivity contribution < 1.29 is 0 Å². The maximum Gasteiger partial charge on any atom is 0.176 e. The van der Waals surface area contributed by atoms with Gasteiger partial charge >= 0.3 is 0 Å². The summed E-state index contributed by atoms with van der Waals surface area (Å²) < 4.78 is 1.55. The quantitative estimate of drug-likeness (QED) is 0.668. The van der Waals surface area contributed by atoms with Crippen LogP contribution in [0.25, 0.3) is 5.65 Å². The standard InChI is InChI=1S/C7H8N4.2C2H6/c1-5-3-4-7-8-6(2)10-11(7)9-5;2*1-2/h3-4H,1-2H3;2*1-2H3. The van der Waals surface area contributed by atoms with E-state index in [0.29, 0.717) is 0 Å². The molecule has 0 amide bonds. The van der Waals surface area contributed by atoms with Crippen LogP contribution < -0.4 is 0 Å². The number of aromatic nitrogens is 4. The summed E-state index contributed by atoms with van der Waals surface area (Å²) in [7, 11) is 0. The second kappa shape index (κ2) is 6.92. The maximum atomic E-state index is 4.14. The zero-order valence-electron chi connectivity index (χ0n) is 10.4. The van der Waals surface area contributed by atoms with E-state index in [-0.39, 0.29) is 0 Å². The minimum absolute atomic E-state index is 0.753. The molecule has 0 saturated carbocycles. The molecule has 0 aromatic carbocycles. The number of hydrogen-bond donors (Lipinski definition) is 0. The van der Waals surface area contributed by atoms with Gasteiger partial charge in [0.2, 0.25) is 0 Å². The zero-order chi connectivity index (χ0) is 11.8. The van der Waals surface area contributed by atoms with Crippen LogP contribution in [0.5, 0.6) is 0 Å². The number of rotatable bonds is 0. The molecule has 4 nitrogen and oxygen atoms in total. The second-order valence-corrected chi connectivity index (χ2v) is 2.48. The first kappa shape index (κ1) is 13.5. The van der Waals surface area contributed by atoms with Crippen LogP contribution in [-0.2, 0) is 0 Å². The smallest absolute Gasteiger partial charge is 0.176 e. The van der Waals surface area contributed by atoms with Crippen molar-refractivity contribution in [3.8, 4) is 0 Å². The molecule has 0 spiro atoms. The predicted octanol–water partition coefficient (Wildman–Crippen LogP) is 2.79. The Bertz CT molecular complexity index is 392. The number of fused-ring (bicyclic) bond motifs is 1. The van der Waals surface area contributed by atoms with Gasteiger partial charge in [0.05, 0.1) is 5.69 Å². The van der Waals surface area contributed by atoms with Crippen molar-refractivity contribution in [3.05, 3.63) is 23.7 Å². The Hall–Kier alpha value is -1.45. The van der Waals surface area contributed by atoms with E-state index in [2.05, 4.69) is 15.2 Å². The molecule has 2 aromatic heterocycles. The number of nitrogens with zero attached hydrogens (tertiary/aromatic N) is 4. The lowest BCUT2D eigenvalue weighted by molar-refractivity contribution is 0.770. The summed E-state index contributed by atoms with van der Waals surface area (Å²) in [4.78, 5) is 4.14. The number of aryl methyl sites for hydroxylation is 2. The topological polar surface area (TPSA) is 43.1 Å². The molecule has 0 atom stereocenters. The van der Waals surface area contributed by atoms with Gasteiger partial charge in [0, 0.05) is 0 Å². The molecule has 0 fully saturated rings. The lowest BCUT2D eigenvalue weighted by Gasteiger charge is -1.89. The van der Waals surface area contributed by atoms with Crippen LogP contribution in [0.3, 0.4) is 0 Å². The fourth-order valence-electron chi connectivity index (χ4n) is 0.977. The molecule has 0 radical (unpaired) electrons. The molecule has 0 aliphatic heterocycles. The summed E-state index contributed by atoms with van der Waals surface area (Å²) in [6, 6.07) is 3.83. The van der Waals surface area contributed by atoms with Crippen molar-refractivity contribution in [2.75, 3.05) is 0 Å². The summed E-state index contributed by atoms with van der Waals surface area (Å²) in [5, 5.41) is 8.21. The van der Waals surface area contributed by atoms with Gasteiger partial charge in [-0.15, -0.1) is 9.73 Å². The van der Waals surface area contributed by atoms with Crippen LogP contribution >= 0.6 is 0 Å². The third-order valence-electron chi connectivity index (χ3n) is 1.45. The van der Waals surface area contributed by atoms with Gasteiger partial charge in [-0.05, 0) is 26.0 Å². The molecule has 0 bridgehead atoms. The Morgan fingerprint density at radius 3 is 2.13 bits per heavy atom. The molecule has 2 heterocycles. The molecule has 0 unspecified atom stereocenters. The van der Waals surface area contributed by atoms with Gasteiger partial charge in [-0.3, -0.25) is 0 Å². The van der Waals surface area contributed by atoms with Crippen LogP contribution in [0.1, 0.15) is 39.2 Å². The Kier molecular flexibility index (Phi) is 6.25. The van der Waals surface area contributed by atoms with Crippen molar-refractivity contribution in [2.24, 2.45) is 0 Å². The van der Waals surface area contributed by atoms with E-state index in [9.17, 15) is 0 Å². The molecular weight excluding hydrogens is 188 g/mol. The van der Waals surface area contributed by atoms with Crippen LogP contribution in [0.15, 0.2) is 12.1 Å². The van der Waals surface area contributed by atoms with Crippen molar-refractivity contribution >= 4 is 5.65 Å². The highest BCUT2D eigenvalue weighted by atomic mass is 15.4. The summed E-state index contributed by atoms with van der Waals surface area (Å²) in [5.41, 5.74) is 1.75. The Morgan fingerprint density at radius 2 is 1.53 bits per heavy atom. The molecule has 0 saturated heterocycles. The monoisotopic (exact) mass is 208 g/mol. The second-order valence-electron chi connectivity index (χ2n) is 2.48. The highest BCUT2D eigenvalue weighted by Gasteiger charge is 1.97. The van der Waals surface area contributed by atoms with Gasteiger partial charge in [-0.25, -0.2) is 4.98 Å². The van der Waals surface area contributed by atoms with Gasteiger partial charge in [-0.2, -0.15) is 5.10 Å². The highest BCUT2D eigenvalue weighted by Crippen LogP contribution is 1.98. The Balaban J connectivity index is 0.000000442. The van der Waals surface area contributed by atoms with E-state index in [4.69, 9.17) is 0 Å². The zero-order valence-corrected chi connectivity index (χ0v) is 10.4. The van der Waals surface area contributed by atoms with Crippen molar-refractivity contribution in [2.45, 2.75) is 41.5 Å². The minimum Gasteiger partial charge on any atom is -0.210 e. The van der Waals surface area contributed by atoms with Gasteiger partial charge in [-0.1, -0.05) is 27.7 Å². The molecule has 2 rings (SSSR count). The maximum absolute atomic E-state index is 4.14. The molecule has 0 aliphatic carbocycles. The fourth-order valence-corrected chi connectivity index (χ4v) is 0.977. The van der Waals surface area contributed by atoms with E-state index in [1.54, 1.807) is 4.63 Å². The molecular formula is C11H20N4. The third-order valence-corrected chi connectivity index (χ3v) is 1.45. The molecule has 4 heteroatoms. The van der Waals surface area contributed by atoms with Gasteiger partial charge in [0.1, 0.15) is 5.82 Å². The number of hydrogen-bond acceptors (Lipinski definition) is 3. The van der Waals surface area contributed by atoms with E-state index >= 15 is 0 Å². The normalized spacial score (nSPS) is 8.67. The highest BCUT2D eigenvalue weighted by molar-refractivity contribution is 5.35. The first-order valence-electron chi connectivity index (χ1n) is 5.43. The molecule has 15 heavy (non-hydrogen) atoms. The van der Waals surface area contributed by atoms with E-state index in [1.165, 1.54) is 0 Å². The Morgan fingerprint density at radius 1 is 0.933 bits per heavy atom. The largest absolute Gasteiger partial charge is 0.210 e.